The molecule has 1 aromatic carbocycles. The first-order valence-electron chi connectivity index (χ1n) is 40.1. The summed E-state index contributed by atoms with van der Waals surface area (Å²) in [7, 11) is -11.4. The summed E-state index contributed by atoms with van der Waals surface area (Å²) < 4.78 is 0. The molecule has 6 fully saturated rings. The molecule has 22 rings (SSSR count). The van der Waals surface area contributed by atoms with E-state index in [0.29, 0.717) is 0 Å². The first-order valence-corrected chi connectivity index (χ1v) is 61.1. The summed E-state index contributed by atoms with van der Waals surface area (Å²) in [4.78, 5) is 30.5. The Labute approximate surface area is 701 Å². The Morgan fingerprint density at radius 2 is 0.267 bits per heavy atom. The van der Waals surface area contributed by atoms with E-state index < -0.39 is 48.4 Å². The van der Waals surface area contributed by atoms with Crippen molar-refractivity contribution in [2.75, 3.05) is 0 Å². The largest absolute Gasteiger partial charge is 4.00 e. The molecule has 6 nitrogen and oxygen atoms in total. The first-order chi connectivity index (χ1) is 48.4. The molecule has 6 saturated carbocycles. The molecule has 6 aliphatic rings. The molecule has 15 aromatic heterocycles. The number of rotatable bonds is 6. The van der Waals surface area contributed by atoms with Crippen LogP contribution in [-0.2, 0) is 78.6 Å². The Morgan fingerprint density at radius 3 is 0.333 bits per heavy atom. The van der Waals surface area contributed by atoms with Gasteiger partial charge in [-0.15, -0.1) is 36.4 Å². The van der Waals surface area contributed by atoms with Crippen LogP contribution in [-0.4, -0.2) is 78.3 Å². The van der Waals surface area contributed by atoms with Gasteiger partial charge in [-0.1, -0.05) is 310 Å². The van der Waals surface area contributed by atoms with Crippen molar-refractivity contribution in [2.24, 2.45) is 0 Å². The molecule has 0 N–H and O–H groups in total. The van der Waals surface area contributed by atoms with E-state index in [2.05, 4.69) is 225 Å². The van der Waals surface area contributed by atoms with Crippen LogP contribution >= 0.6 is 0 Å². The Balaban J connectivity index is 0.000000575. The fourth-order valence-electron chi connectivity index (χ4n) is 13.4. The minimum atomic E-state index is -1.90. The van der Waals surface area contributed by atoms with Crippen molar-refractivity contribution in [3.05, 3.63) is 141 Å². The quantitative estimate of drug-likeness (QED) is 0.122. The van der Waals surface area contributed by atoms with Crippen LogP contribution in [0.25, 0.3) is 99.6 Å². The summed E-state index contributed by atoms with van der Waals surface area (Å²) in [6.45, 7) is 41.8. The van der Waals surface area contributed by atoms with Gasteiger partial charge in [0.1, 0.15) is 0 Å². The first kappa shape index (κ1) is 94.7. The topological polar surface area (TPSA) is 77.3 Å². The molecule has 0 radical (unpaired) electrons. The van der Waals surface area contributed by atoms with Crippen molar-refractivity contribution >= 4 is 148 Å². The van der Waals surface area contributed by atoms with E-state index in [-0.39, 0.29) is 78.6 Å². The van der Waals surface area contributed by atoms with Gasteiger partial charge in [-0.25, -0.2) is 0 Å². The van der Waals surface area contributed by atoms with E-state index in [1.54, 1.807) is 0 Å². The predicted molar refractivity (Wildman–Crippen MR) is 468 cm³/mol. The molecule has 15 heteroatoms. The standard InChI is InChI=1S/C60H72N6Si6.6C5H10.3Zr/c1-67(2,3)37-49-43-19-25-55(61-31-43)57-27-21-45(33-63-57)51(39-69(7,8)9)53(41-71(13,14)15)47-23-29-59(65-35-47)60-30-24-48(36-66-60)54(42-72(16,17)18)52(40-70(10,11)12)46-22-28-58(64-34-46)56-26-20-44(32-62-56)50(49)38-68(4,5)6;6*1-2-4-5-3-1;;;/h19-36H,1-18H3;6*1-5H2;;;/q-6;;;;;;;3*+4. The van der Waals surface area contributed by atoms with Crippen molar-refractivity contribution in [2.45, 2.75) is 310 Å². The van der Waals surface area contributed by atoms with Gasteiger partial charge in [0, 0.05) is 0 Å². The average Bonchev–Trinajstić information content (AvgIpc) is 1.45. The second-order valence-electron chi connectivity index (χ2n) is 35.7. The molecule has 12 bridgehead atoms. The maximum absolute atomic E-state index is 5.08. The van der Waals surface area contributed by atoms with E-state index in [4.69, 9.17) is 29.9 Å². The van der Waals surface area contributed by atoms with Gasteiger partial charge in [0.2, 0.25) is 0 Å². The molecule has 6 aliphatic carbocycles. The van der Waals surface area contributed by atoms with Crippen LogP contribution < -0.4 is 31.3 Å². The minimum Gasteiger partial charge on any atom is -0.295 e. The molecule has 105 heavy (non-hydrogen) atoms. The Hall–Kier alpha value is -2.71. The van der Waals surface area contributed by atoms with E-state index in [0.717, 1.165) is 96.7 Å². The number of hydrogen-bond acceptors (Lipinski definition) is 6. The van der Waals surface area contributed by atoms with Crippen molar-refractivity contribution in [1.29, 1.82) is 0 Å². The summed E-state index contributed by atoms with van der Waals surface area (Å²) in [5, 5.41) is 12.1. The summed E-state index contributed by atoms with van der Waals surface area (Å²) in [5.74, 6) is 0. The molecule has 0 spiro atoms. The van der Waals surface area contributed by atoms with Crippen LogP contribution in [0, 0.1) is 0 Å². The van der Waals surface area contributed by atoms with Crippen molar-refractivity contribution in [1.82, 2.24) is 29.9 Å². The molecule has 0 aliphatic heterocycles. The zero-order chi connectivity index (χ0) is 73.8. The summed E-state index contributed by atoms with van der Waals surface area (Å²) in [6.07, 6.45) is 56.9. The second kappa shape index (κ2) is 47.0. The zero-order valence-electron chi connectivity index (χ0n) is 68.8. The van der Waals surface area contributed by atoms with Crippen LogP contribution in [0.2, 0.25) is 118 Å². The van der Waals surface area contributed by atoms with E-state index in [9.17, 15) is 0 Å². The van der Waals surface area contributed by atoms with E-state index in [1.165, 1.54) is 193 Å². The van der Waals surface area contributed by atoms with Crippen LogP contribution in [0.15, 0.2) is 110 Å². The second-order valence-corrected chi connectivity index (χ2v) is 64.2. The molecule has 0 saturated heterocycles. The number of pyridine rings is 6. The van der Waals surface area contributed by atoms with Gasteiger partial charge in [0.15, 0.2) is 0 Å². The third kappa shape index (κ3) is 36.6. The van der Waals surface area contributed by atoms with Crippen LogP contribution in [0.4, 0.5) is 0 Å². The fourth-order valence-corrected chi connectivity index (χ4v) is 19.5. The summed E-state index contributed by atoms with van der Waals surface area (Å²) in [6, 6.07) is 25.5. The maximum atomic E-state index is 5.08. The van der Waals surface area contributed by atoms with E-state index >= 15 is 0 Å². The molecule has 16 aromatic rings. The fraction of sp³-hybridized carbons (Fsp3) is 0.533. The van der Waals surface area contributed by atoms with Gasteiger partial charge < -0.3 is 0 Å². The van der Waals surface area contributed by atoms with Crippen LogP contribution in [0.3, 0.4) is 0 Å². The molecule has 15 heterocycles. The van der Waals surface area contributed by atoms with Gasteiger partial charge in [-0.2, -0.15) is 32.3 Å². The van der Waals surface area contributed by atoms with E-state index in [1.807, 2.05) is 37.2 Å². The number of nitrogens with zero attached hydrogens (tertiary/aromatic N) is 6. The summed E-state index contributed by atoms with van der Waals surface area (Å²) >= 11 is 0. The molecule has 552 valence electrons. The van der Waals surface area contributed by atoms with Crippen LogP contribution in [0.1, 0.15) is 193 Å². The zero-order valence-corrected chi connectivity index (χ0v) is 82.2. The summed E-state index contributed by atoms with van der Waals surface area (Å²) in [5.41, 5.74) is 28.8. The number of hydrogen-bond donors (Lipinski definition) is 0. The molecular formula is C90H132N6Si6Zr3+6. The van der Waals surface area contributed by atoms with Gasteiger partial charge in [0.25, 0.3) is 0 Å². The Morgan fingerprint density at radius 1 is 0.171 bits per heavy atom. The smallest absolute Gasteiger partial charge is 0.295 e. The number of aromatic nitrogens is 6. The Kier molecular flexibility index (Phi) is 42.3. The van der Waals surface area contributed by atoms with Crippen LogP contribution in [0.5, 0.6) is 0 Å². The van der Waals surface area contributed by atoms with Gasteiger partial charge in [0.05, 0.1) is 33.1 Å². The third-order valence-corrected chi connectivity index (χ3v) is 24.4. The SMILES string of the molecule is C1CCCC1.C1CCCC1.C1CCCC1.C1CCCC1.C1CCCC1.C1CCCC1.C[Si](C)(C)[C-]=c1c(=[C-][Si](C)(C)C)c2ccc(nc2)c2ccc(cn2)c(=[C-][Si](C)(C)C)c(=[C-][Si](C)(C)C)c2ccc(nc2)c2ccc(cn2)c(=[C-][Si](C)(C)C)c(=[C-][Si](C)(C)C)c2ccc(nc2)c2ccc1cn2.[Zr+4].[Zr+4].[Zr+4]. The van der Waals surface area contributed by atoms with Crippen molar-refractivity contribution in [3.63, 3.8) is 0 Å². The van der Waals surface area contributed by atoms with Gasteiger partial charge in [-0.05, 0) is 122 Å². The van der Waals surface area contributed by atoms with Gasteiger partial charge >= 0.3 is 78.6 Å². The third-order valence-electron chi connectivity index (χ3n) is 18.4. The average molecular weight is 1740 g/mol. The normalized spacial score (nSPS) is 17.0. The minimum absolute atomic E-state index is 0. The molecule has 0 atom stereocenters. The molecule has 0 amide bonds. The van der Waals surface area contributed by atoms with Crippen molar-refractivity contribution < 1.29 is 78.6 Å². The predicted octanol–water partition coefficient (Wildman–Crippen LogP) is 23.3. The van der Waals surface area contributed by atoms with Gasteiger partial charge in [-0.3, -0.25) is 95.4 Å². The monoisotopic (exact) mass is 1730 g/mol. The maximum Gasteiger partial charge on any atom is 4.00 e. The molecular weight excluding hydrogens is 1610 g/mol. The Bertz CT molecular complexity index is 3560. The molecule has 0 unspecified atom stereocenters. The van der Waals surface area contributed by atoms with Crippen molar-refractivity contribution in [3.8, 4) is 0 Å².